The van der Waals surface area contributed by atoms with E-state index in [9.17, 15) is 9.59 Å². The molecule has 0 atom stereocenters. The third-order valence-corrected chi connectivity index (χ3v) is 4.87. The first kappa shape index (κ1) is 19.7. The van der Waals surface area contributed by atoms with Crippen LogP contribution >= 0.6 is 0 Å². The summed E-state index contributed by atoms with van der Waals surface area (Å²) in [5, 5.41) is 0. The molecule has 28 heavy (non-hydrogen) atoms. The fourth-order valence-electron chi connectivity index (χ4n) is 3.21. The molecule has 5 heteroatoms. The highest BCUT2D eigenvalue weighted by Crippen LogP contribution is 2.20. The van der Waals surface area contributed by atoms with Crippen molar-refractivity contribution in [3.63, 3.8) is 0 Å². The number of ether oxygens (including phenoxy) is 2. The van der Waals surface area contributed by atoms with Crippen LogP contribution in [-0.4, -0.2) is 37.0 Å². The summed E-state index contributed by atoms with van der Waals surface area (Å²) in [5.41, 5.74) is 1.89. The van der Waals surface area contributed by atoms with Gasteiger partial charge in [0, 0.05) is 19.2 Å². The van der Waals surface area contributed by atoms with E-state index in [-0.39, 0.29) is 24.4 Å². The van der Waals surface area contributed by atoms with Crippen LogP contribution < -0.4 is 4.74 Å². The molecule has 1 heterocycles. The van der Waals surface area contributed by atoms with E-state index in [0.29, 0.717) is 25.9 Å². The summed E-state index contributed by atoms with van der Waals surface area (Å²) in [6.45, 7) is 1.36. The molecule has 3 rings (SSSR count). The quantitative estimate of drug-likeness (QED) is 0.567. The molecule has 0 aromatic heterocycles. The van der Waals surface area contributed by atoms with Crippen LogP contribution in [0.4, 0.5) is 0 Å². The number of methoxy groups -OCH3 is 1. The van der Waals surface area contributed by atoms with Gasteiger partial charge in [-0.05, 0) is 42.2 Å². The van der Waals surface area contributed by atoms with Crippen molar-refractivity contribution < 1.29 is 19.1 Å². The molecule has 0 unspecified atom stereocenters. The molecule has 1 aliphatic rings. The number of nitrogens with zero attached hydrogens (tertiary/aromatic N) is 1. The molecule has 2 aromatic carbocycles. The Hall–Kier alpha value is -3.08. The molecule has 146 valence electrons. The maximum atomic E-state index is 12.3. The molecule has 1 amide bonds. The van der Waals surface area contributed by atoms with E-state index in [4.69, 9.17) is 9.47 Å². The highest BCUT2D eigenvalue weighted by atomic mass is 16.5. The van der Waals surface area contributed by atoms with Crippen LogP contribution in [0.2, 0.25) is 0 Å². The minimum atomic E-state index is -0.199. The van der Waals surface area contributed by atoms with Gasteiger partial charge in [0.05, 0.1) is 13.0 Å². The standard InChI is InChI=1S/C23H25NO4/c1-27-21-9-5-8-19(16-21)17-28-23(26)20-12-14-24(15-13-20)22(25)11-10-18-6-3-2-4-7-18/h2-11,16,20H,12-15,17H2,1H3/b11-10+. The lowest BCUT2D eigenvalue weighted by atomic mass is 9.97. The van der Waals surface area contributed by atoms with Crippen molar-refractivity contribution in [1.29, 1.82) is 0 Å². The van der Waals surface area contributed by atoms with Gasteiger partial charge in [-0.3, -0.25) is 9.59 Å². The number of rotatable bonds is 6. The van der Waals surface area contributed by atoms with Crippen molar-refractivity contribution in [2.24, 2.45) is 5.92 Å². The van der Waals surface area contributed by atoms with Crippen LogP contribution in [0, 0.1) is 5.92 Å². The summed E-state index contributed by atoms with van der Waals surface area (Å²) in [5.74, 6) is 0.360. The van der Waals surface area contributed by atoms with Gasteiger partial charge >= 0.3 is 5.97 Å². The third-order valence-electron chi connectivity index (χ3n) is 4.87. The SMILES string of the molecule is COc1cccc(COC(=O)C2CCN(C(=O)/C=C/c3ccccc3)CC2)c1. The predicted octanol–water partition coefficient (Wildman–Crippen LogP) is 3.69. The van der Waals surface area contributed by atoms with Gasteiger partial charge in [0.25, 0.3) is 0 Å². The lowest BCUT2D eigenvalue weighted by Gasteiger charge is -2.30. The first-order chi connectivity index (χ1) is 13.7. The average Bonchev–Trinajstić information content (AvgIpc) is 2.76. The Balaban J connectivity index is 1.44. The highest BCUT2D eigenvalue weighted by Gasteiger charge is 2.27. The van der Waals surface area contributed by atoms with Crippen molar-refractivity contribution in [2.45, 2.75) is 19.4 Å². The number of esters is 1. The van der Waals surface area contributed by atoms with Crippen molar-refractivity contribution >= 4 is 18.0 Å². The van der Waals surface area contributed by atoms with Crippen molar-refractivity contribution in [2.75, 3.05) is 20.2 Å². The van der Waals surface area contributed by atoms with E-state index in [1.807, 2.05) is 60.7 Å². The first-order valence-corrected chi connectivity index (χ1v) is 9.47. The fourth-order valence-corrected chi connectivity index (χ4v) is 3.21. The van der Waals surface area contributed by atoms with Crippen LogP contribution in [0.5, 0.6) is 5.75 Å². The molecule has 0 bridgehead atoms. The Morgan fingerprint density at radius 1 is 1.07 bits per heavy atom. The predicted molar refractivity (Wildman–Crippen MR) is 108 cm³/mol. The van der Waals surface area contributed by atoms with Crippen molar-refractivity contribution in [3.05, 3.63) is 71.8 Å². The molecule has 2 aromatic rings. The largest absolute Gasteiger partial charge is 0.497 e. The maximum Gasteiger partial charge on any atom is 0.309 e. The smallest absolute Gasteiger partial charge is 0.309 e. The normalized spacial score (nSPS) is 14.8. The van der Waals surface area contributed by atoms with Crippen LogP contribution in [0.25, 0.3) is 6.08 Å². The lowest BCUT2D eigenvalue weighted by molar-refractivity contribution is -0.152. The Morgan fingerprint density at radius 3 is 2.54 bits per heavy atom. The van der Waals surface area contributed by atoms with E-state index < -0.39 is 0 Å². The van der Waals surface area contributed by atoms with Crippen molar-refractivity contribution in [3.8, 4) is 5.75 Å². The average molecular weight is 379 g/mol. The summed E-state index contributed by atoms with van der Waals surface area (Å²) in [6, 6.07) is 17.2. The lowest BCUT2D eigenvalue weighted by Crippen LogP contribution is -2.39. The first-order valence-electron chi connectivity index (χ1n) is 9.47. The number of benzene rings is 2. The van der Waals surface area contributed by atoms with Crippen molar-refractivity contribution in [1.82, 2.24) is 4.90 Å². The number of hydrogen-bond donors (Lipinski definition) is 0. The van der Waals surface area contributed by atoms with Crippen LogP contribution in [-0.2, 0) is 20.9 Å². The Bertz CT molecular complexity index is 824. The number of carbonyl (C=O) groups excluding carboxylic acids is 2. The number of amides is 1. The van der Waals surface area contributed by atoms with E-state index >= 15 is 0 Å². The molecular formula is C23H25NO4. The number of hydrogen-bond acceptors (Lipinski definition) is 4. The molecule has 1 aliphatic heterocycles. The monoisotopic (exact) mass is 379 g/mol. The topological polar surface area (TPSA) is 55.8 Å². The van der Waals surface area contributed by atoms with E-state index in [1.54, 1.807) is 18.1 Å². The summed E-state index contributed by atoms with van der Waals surface area (Å²) < 4.78 is 10.6. The van der Waals surface area contributed by atoms with Crippen LogP contribution in [0.15, 0.2) is 60.7 Å². The Morgan fingerprint density at radius 2 is 1.82 bits per heavy atom. The molecule has 1 saturated heterocycles. The van der Waals surface area contributed by atoms with Gasteiger partial charge < -0.3 is 14.4 Å². The van der Waals surface area contributed by atoms with E-state index in [2.05, 4.69) is 0 Å². The van der Waals surface area contributed by atoms with Crippen LogP contribution in [0.1, 0.15) is 24.0 Å². The minimum Gasteiger partial charge on any atom is -0.497 e. The zero-order chi connectivity index (χ0) is 19.8. The molecule has 0 radical (unpaired) electrons. The molecule has 0 saturated carbocycles. The van der Waals surface area contributed by atoms with E-state index in [1.165, 1.54) is 0 Å². The highest BCUT2D eigenvalue weighted by molar-refractivity contribution is 5.92. The van der Waals surface area contributed by atoms with Gasteiger partial charge in [-0.2, -0.15) is 0 Å². The van der Waals surface area contributed by atoms with Gasteiger partial charge in [0.2, 0.25) is 5.91 Å². The number of carbonyl (C=O) groups is 2. The summed E-state index contributed by atoms with van der Waals surface area (Å²) in [6.07, 6.45) is 4.66. The molecule has 0 N–H and O–H groups in total. The summed E-state index contributed by atoms with van der Waals surface area (Å²) in [7, 11) is 1.61. The second-order valence-electron chi connectivity index (χ2n) is 6.80. The third kappa shape index (κ3) is 5.46. The summed E-state index contributed by atoms with van der Waals surface area (Å²) >= 11 is 0. The summed E-state index contributed by atoms with van der Waals surface area (Å²) in [4.78, 5) is 26.5. The Labute approximate surface area is 165 Å². The zero-order valence-electron chi connectivity index (χ0n) is 16.0. The zero-order valence-corrected chi connectivity index (χ0v) is 16.0. The second kappa shape index (κ2) is 9.74. The van der Waals surface area contributed by atoms with Gasteiger partial charge in [-0.25, -0.2) is 0 Å². The number of likely N-dealkylation sites (tertiary alicyclic amines) is 1. The number of piperidine rings is 1. The van der Waals surface area contributed by atoms with Gasteiger partial charge in [-0.15, -0.1) is 0 Å². The second-order valence-corrected chi connectivity index (χ2v) is 6.80. The fraction of sp³-hybridized carbons (Fsp3) is 0.304. The molecule has 5 nitrogen and oxygen atoms in total. The molecule has 0 spiro atoms. The van der Waals surface area contributed by atoms with Gasteiger partial charge in [0.15, 0.2) is 0 Å². The molecular weight excluding hydrogens is 354 g/mol. The van der Waals surface area contributed by atoms with Crippen LogP contribution in [0.3, 0.4) is 0 Å². The Kier molecular flexibility index (Phi) is 6.84. The maximum absolute atomic E-state index is 12.3. The van der Waals surface area contributed by atoms with Gasteiger partial charge in [-0.1, -0.05) is 42.5 Å². The van der Waals surface area contributed by atoms with Gasteiger partial charge in [0.1, 0.15) is 12.4 Å². The molecule has 0 aliphatic carbocycles. The van der Waals surface area contributed by atoms with E-state index in [0.717, 1.165) is 16.9 Å². The minimum absolute atomic E-state index is 0.0212. The molecule has 1 fully saturated rings.